The lowest BCUT2D eigenvalue weighted by Crippen LogP contribution is -2.16. The summed E-state index contributed by atoms with van der Waals surface area (Å²) in [5, 5.41) is 8.21. The van der Waals surface area contributed by atoms with Gasteiger partial charge in [-0.2, -0.15) is 0 Å². The zero-order chi connectivity index (χ0) is 12.6. The van der Waals surface area contributed by atoms with Gasteiger partial charge in [0.15, 0.2) is 0 Å². The van der Waals surface area contributed by atoms with E-state index in [2.05, 4.69) is 13.2 Å². The molecule has 1 rings (SSSR count). The molecule has 4 nitrogen and oxygen atoms in total. The van der Waals surface area contributed by atoms with Gasteiger partial charge >= 0.3 is 5.97 Å². The molecule has 1 amide bonds. The van der Waals surface area contributed by atoms with Crippen LogP contribution in [0.5, 0.6) is 0 Å². The number of carbonyl (C=O) groups excluding carboxylic acids is 1. The van der Waals surface area contributed by atoms with Gasteiger partial charge in [-0.05, 0) is 19.0 Å². The van der Waals surface area contributed by atoms with Crippen molar-refractivity contribution in [3.05, 3.63) is 24.9 Å². The van der Waals surface area contributed by atoms with Gasteiger partial charge in [-0.25, -0.2) is 4.79 Å². The minimum Gasteiger partial charge on any atom is -0.478 e. The van der Waals surface area contributed by atoms with Gasteiger partial charge in [0.1, 0.15) is 0 Å². The molecule has 0 atom stereocenters. The number of likely N-dealkylation sites (tertiary alicyclic amines) is 1. The Morgan fingerprint density at radius 1 is 1.62 bits per heavy atom. The molecule has 4 heteroatoms. The van der Waals surface area contributed by atoms with Crippen LogP contribution in [-0.4, -0.2) is 28.4 Å². The molecule has 0 radical (unpaired) electrons. The summed E-state index contributed by atoms with van der Waals surface area (Å²) in [6.07, 6.45) is 4.73. The lowest BCUT2D eigenvalue weighted by Gasteiger charge is -2.05. The molecule has 1 aliphatic rings. The van der Waals surface area contributed by atoms with Crippen LogP contribution in [-0.2, 0) is 9.59 Å². The molecule has 0 bridgehead atoms. The normalized spacial score (nSPS) is 14.1. The fourth-order valence-corrected chi connectivity index (χ4v) is 1.27. The van der Waals surface area contributed by atoms with E-state index in [-0.39, 0.29) is 5.91 Å². The van der Waals surface area contributed by atoms with Crippen LogP contribution in [0.3, 0.4) is 0 Å². The summed E-state index contributed by atoms with van der Waals surface area (Å²) in [6.45, 7) is 9.63. The van der Waals surface area contributed by atoms with Crippen molar-refractivity contribution in [2.45, 2.75) is 32.6 Å². The average Bonchev–Trinajstić information content (AvgIpc) is 2.65. The van der Waals surface area contributed by atoms with Crippen LogP contribution in [0.25, 0.3) is 0 Å². The SMILES string of the molecule is C=C(CCC)C(=O)O.C=CN1CCCC1=O. The third-order valence-corrected chi connectivity index (χ3v) is 2.18. The number of hydrogen-bond donors (Lipinski definition) is 1. The van der Waals surface area contributed by atoms with Crippen LogP contribution in [0, 0.1) is 0 Å². The van der Waals surface area contributed by atoms with Gasteiger partial charge in [-0.1, -0.05) is 26.5 Å². The molecule has 0 saturated carbocycles. The number of carboxylic acids is 1. The van der Waals surface area contributed by atoms with Crippen LogP contribution in [0.15, 0.2) is 24.9 Å². The highest BCUT2D eigenvalue weighted by atomic mass is 16.4. The van der Waals surface area contributed by atoms with E-state index in [4.69, 9.17) is 5.11 Å². The maximum Gasteiger partial charge on any atom is 0.330 e. The third kappa shape index (κ3) is 5.34. The Hall–Kier alpha value is -1.58. The van der Waals surface area contributed by atoms with Gasteiger partial charge in [0, 0.05) is 18.5 Å². The monoisotopic (exact) mass is 225 g/mol. The number of rotatable bonds is 4. The van der Waals surface area contributed by atoms with Crippen LogP contribution >= 0.6 is 0 Å². The van der Waals surface area contributed by atoms with E-state index >= 15 is 0 Å². The Morgan fingerprint density at radius 2 is 2.25 bits per heavy atom. The minimum atomic E-state index is -0.883. The molecular formula is C12H19NO3. The maximum atomic E-state index is 10.7. The summed E-state index contributed by atoms with van der Waals surface area (Å²) >= 11 is 0. The minimum absolute atomic E-state index is 0.208. The Balaban J connectivity index is 0.000000281. The second kappa shape index (κ2) is 7.68. The van der Waals surface area contributed by atoms with E-state index in [9.17, 15) is 9.59 Å². The summed E-state index contributed by atoms with van der Waals surface area (Å²) in [5.41, 5.74) is 0.299. The summed E-state index contributed by atoms with van der Waals surface area (Å²) < 4.78 is 0. The molecule has 90 valence electrons. The van der Waals surface area contributed by atoms with E-state index in [0.717, 1.165) is 19.4 Å². The number of nitrogens with zero attached hydrogens (tertiary/aromatic N) is 1. The van der Waals surface area contributed by atoms with E-state index in [1.807, 2.05) is 6.92 Å². The first-order valence-electron chi connectivity index (χ1n) is 5.36. The molecule has 0 unspecified atom stereocenters. The quantitative estimate of drug-likeness (QED) is 0.746. The molecule has 0 spiro atoms. The van der Waals surface area contributed by atoms with Crippen molar-refractivity contribution < 1.29 is 14.7 Å². The zero-order valence-corrected chi connectivity index (χ0v) is 9.74. The van der Waals surface area contributed by atoms with Gasteiger partial charge in [0.05, 0.1) is 0 Å². The standard InChI is InChI=1S/C6H9NO.C6H10O2/c1-2-7-5-3-4-6(7)8;1-3-4-5(2)6(7)8/h2H,1,3-5H2;2-4H2,1H3,(H,7,8). The summed E-state index contributed by atoms with van der Waals surface area (Å²) in [4.78, 5) is 22.3. The topological polar surface area (TPSA) is 57.6 Å². The zero-order valence-electron chi connectivity index (χ0n) is 9.74. The Bertz CT molecular complexity index is 284. The predicted molar refractivity (Wildman–Crippen MR) is 62.8 cm³/mol. The van der Waals surface area contributed by atoms with Crippen molar-refractivity contribution in [2.24, 2.45) is 0 Å². The van der Waals surface area contributed by atoms with E-state index < -0.39 is 5.97 Å². The van der Waals surface area contributed by atoms with Crippen LogP contribution in [0.1, 0.15) is 32.6 Å². The van der Waals surface area contributed by atoms with Gasteiger partial charge < -0.3 is 10.0 Å². The predicted octanol–water partition coefficient (Wildman–Crippen LogP) is 2.18. The Labute approximate surface area is 96.3 Å². The molecule has 0 aromatic carbocycles. The van der Waals surface area contributed by atoms with Crippen molar-refractivity contribution >= 4 is 11.9 Å². The lowest BCUT2D eigenvalue weighted by molar-refractivity contribution is -0.132. The second-order valence-corrected chi connectivity index (χ2v) is 3.53. The summed E-state index contributed by atoms with van der Waals surface area (Å²) in [6, 6.07) is 0. The van der Waals surface area contributed by atoms with E-state index in [0.29, 0.717) is 18.4 Å². The van der Waals surface area contributed by atoms with Gasteiger partial charge in [-0.3, -0.25) is 4.79 Å². The van der Waals surface area contributed by atoms with Gasteiger partial charge in [0.25, 0.3) is 0 Å². The number of amides is 1. The molecule has 1 N–H and O–H groups in total. The Morgan fingerprint density at radius 3 is 2.44 bits per heavy atom. The molecule has 1 aliphatic heterocycles. The van der Waals surface area contributed by atoms with Gasteiger partial charge in [0.2, 0.25) is 5.91 Å². The number of hydrogen-bond acceptors (Lipinski definition) is 2. The molecule has 1 fully saturated rings. The average molecular weight is 225 g/mol. The highest BCUT2D eigenvalue weighted by Gasteiger charge is 2.15. The maximum absolute atomic E-state index is 10.7. The van der Waals surface area contributed by atoms with Crippen molar-refractivity contribution in [3.8, 4) is 0 Å². The fraction of sp³-hybridized carbons (Fsp3) is 0.500. The third-order valence-electron chi connectivity index (χ3n) is 2.18. The Kier molecular flexibility index (Phi) is 6.92. The fourth-order valence-electron chi connectivity index (χ4n) is 1.27. The summed E-state index contributed by atoms with van der Waals surface area (Å²) in [5.74, 6) is -0.674. The van der Waals surface area contributed by atoms with Gasteiger partial charge in [-0.15, -0.1) is 0 Å². The van der Waals surface area contributed by atoms with Crippen molar-refractivity contribution in [1.82, 2.24) is 4.90 Å². The molecule has 16 heavy (non-hydrogen) atoms. The highest BCUT2D eigenvalue weighted by molar-refractivity contribution is 5.85. The van der Waals surface area contributed by atoms with Crippen LogP contribution < -0.4 is 0 Å². The van der Waals surface area contributed by atoms with E-state index in [1.54, 1.807) is 11.1 Å². The highest BCUT2D eigenvalue weighted by Crippen LogP contribution is 2.08. The lowest BCUT2D eigenvalue weighted by atomic mass is 10.2. The molecule has 1 saturated heterocycles. The first kappa shape index (κ1) is 14.4. The molecule has 0 aromatic heterocycles. The number of carboxylic acid groups (broad SMARTS) is 1. The van der Waals surface area contributed by atoms with Crippen molar-refractivity contribution in [1.29, 1.82) is 0 Å². The molecular weight excluding hydrogens is 206 g/mol. The number of aliphatic carboxylic acids is 1. The van der Waals surface area contributed by atoms with Crippen molar-refractivity contribution in [3.63, 3.8) is 0 Å². The first-order chi connectivity index (χ1) is 7.52. The molecule has 0 aromatic rings. The molecule has 1 heterocycles. The van der Waals surface area contributed by atoms with Crippen LogP contribution in [0.2, 0.25) is 0 Å². The van der Waals surface area contributed by atoms with E-state index in [1.165, 1.54) is 0 Å². The van der Waals surface area contributed by atoms with Crippen LogP contribution in [0.4, 0.5) is 0 Å². The molecule has 0 aliphatic carbocycles. The second-order valence-electron chi connectivity index (χ2n) is 3.53. The number of carbonyl (C=O) groups is 2. The largest absolute Gasteiger partial charge is 0.478 e. The smallest absolute Gasteiger partial charge is 0.330 e. The van der Waals surface area contributed by atoms with Crippen molar-refractivity contribution in [2.75, 3.05) is 6.54 Å². The summed E-state index contributed by atoms with van der Waals surface area (Å²) in [7, 11) is 0. The first-order valence-corrected chi connectivity index (χ1v) is 5.36.